The molecule has 2 aromatic rings. The molecule has 108 valence electrons. The van der Waals surface area contributed by atoms with Gasteiger partial charge < -0.3 is 5.32 Å². The van der Waals surface area contributed by atoms with Crippen molar-refractivity contribution >= 4 is 17.2 Å². The molecule has 0 saturated carbocycles. The van der Waals surface area contributed by atoms with Gasteiger partial charge in [-0.1, -0.05) is 18.9 Å². The largest absolute Gasteiger partial charge is 0.340 e. The minimum Gasteiger partial charge on any atom is -0.340 e. The van der Waals surface area contributed by atoms with Crippen LogP contribution in [0.5, 0.6) is 0 Å². The fourth-order valence-electron chi connectivity index (χ4n) is 1.74. The van der Waals surface area contributed by atoms with Crippen LogP contribution >= 0.6 is 11.3 Å². The van der Waals surface area contributed by atoms with Crippen molar-refractivity contribution in [2.45, 2.75) is 32.2 Å². The molecule has 0 aromatic carbocycles. The Hall–Kier alpha value is -2.19. The molecule has 1 atom stereocenters. The Labute approximate surface area is 128 Å². The molecule has 4 nitrogen and oxygen atoms in total. The highest BCUT2D eigenvalue weighted by atomic mass is 32.1. The second kappa shape index (κ2) is 6.51. The van der Waals surface area contributed by atoms with Crippen LogP contribution in [0.3, 0.4) is 0 Å². The number of amides is 1. The molecule has 21 heavy (non-hydrogen) atoms. The Morgan fingerprint density at radius 2 is 2.33 bits per heavy atom. The lowest BCUT2D eigenvalue weighted by Gasteiger charge is -2.23. The van der Waals surface area contributed by atoms with Gasteiger partial charge in [0.15, 0.2) is 0 Å². The van der Waals surface area contributed by atoms with Gasteiger partial charge in [0.1, 0.15) is 5.01 Å². The van der Waals surface area contributed by atoms with Crippen molar-refractivity contribution in [3.05, 3.63) is 35.5 Å². The molecule has 0 spiro atoms. The predicted molar refractivity (Wildman–Crippen MR) is 84.7 cm³/mol. The topological polar surface area (TPSA) is 54.9 Å². The van der Waals surface area contributed by atoms with E-state index in [4.69, 9.17) is 6.42 Å². The third-order valence-corrected chi connectivity index (χ3v) is 4.13. The molecule has 0 aliphatic rings. The van der Waals surface area contributed by atoms with Gasteiger partial charge in [-0.3, -0.25) is 9.78 Å². The molecular formula is C16H17N3OS. The number of nitrogens with zero attached hydrogens (tertiary/aromatic N) is 2. The third kappa shape index (κ3) is 3.89. The first-order valence-electron chi connectivity index (χ1n) is 6.71. The SMILES string of the molecule is C#C[C@@](C)(CC)NC(=O)Cc1csc(-c2ccccn2)n1. The van der Waals surface area contributed by atoms with Gasteiger partial charge in [-0.05, 0) is 25.5 Å². The smallest absolute Gasteiger partial charge is 0.227 e. The molecule has 1 N–H and O–H groups in total. The van der Waals surface area contributed by atoms with Gasteiger partial charge in [-0.2, -0.15) is 0 Å². The van der Waals surface area contributed by atoms with Crippen LogP contribution in [0.4, 0.5) is 0 Å². The van der Waals surface area contributed by atoms with Crippen LogP contribution in [0.15, 0.2) is 29.8 Å². The molecule has 1 amide bonds. The van der Waals surface area contributed by atoms with Gasteiger partial charge in [-0.15, -0.1) is 17.8 Å². The quantitative estimate of drug-likeness (QED) is 0.864. The second-order valence-electron chi connectivity index (χ2n) is 4.91. The van der Waals surface area contributed by atoms with Crippen LogP contribution in [-0.4, -0.2) is 21.4 Å². The average Bonchev–Trinajstić information content (AvgIpc) is 2.96. The van der Waals surface area contributed by atoms with Crippen LogP contribution in [0.2, 0.25) is 0 Å². The van der Waals surface area contributed by atoms with E-state index in [1.54, 1.807) is 6.20 Å². The van der Waals surface area contributed by atoms with E-state index in [0.29, 0.717) is 6.42 Å². The lowest BCUT2D eigenvalue weighted by atomic mass is 10.00. The monoisotopic (exact) mass is 299 g/mol. The van der Waals surface area contributed by atoms with E-state index in [1.807, 2.05) is 37.4 Å². The number of rotatable bonds is 5. The molecule has 2 heterocycles. The van der Waals surface area contributed by atoms with Gasteiger partial charge in [0.05, 0.1) is 23.3 Å². The average molecular weight is 299 g/mol. The summed E-state index contributed by atoms with van der Waals surface area (Å²) in [5.74, 6) is 2.50. The number of carbonyl (C=O) groups is 1. The summed E-state index contributed by atoms with van der Waals surface area (Å²) in [6.07, 6.45) is 8.09. The lowest BCUT2D eigenvalue weighted by Crippen LogP contribution is -2.44. The summed E-state index contributed by atoms with van der Waals surface area (Å²) in [7, 11) is 0. The van der Waals surface area contributed by atoms with Crippen LogP contribution in [0.1, 0.15) is 26.0 Å². The maximum absolute atomic E-state index is 12.0. The fraction of sp³-hybridized carbons (Fsp3) is 0.312. The summed E-state index contributed by atoms with van der Waals surface area (Å²) in [4.78, 5) is 20.7. The number of carbonyl (C=O) groups excluding carboxylic acids is 1. The second-order valence-corrected chi connectivity index (χ2v) is 5.77. The Balaban J connectivity index is 2.03. The molecule has 2 rings (SSSR count). The van der Waals surface area contributed by atoms with Gasteiger partial charge in [0.2, 0.25) is 5.91 Å². The van der Waals surface area contributed by atoms with Crippen molar-refractivity contribution < 1.29 is 4.79 Å². The van der Waals surface area contributed by atoms with E-state index in [2.05, 4.69) is 21.2 Å². The first kappa shape index (κ1) is 15.2. The number of pyridine rings is 1. The number of terminal acetylenes is 1. The first-order chi connectivity index (χ1) is 10.1. The van der Waals surface area contributed by atoms with Crippen LogP contribution < -0.4 is 5.32 Å². The standard InChI is InChI=1S/C16H17N3OS/c1-4-16(3,5-2)19-14(20)10-12-11-21-15(18-12)13-8-6-7-9-17-13/h1,6-9,11H,5,10H2,2-3H3,(H,19,20)/t16-/m0/s1. The maximum Gasteiger partial charge on any atom is 0.227 e. The van der Waals surface area contributed by atoms with E-state index < -0.39 is 5.54 Å². The fourth-order valence-corrected chi connectivity index (χ4v) is 2.53. The molecule has 5 heteroatoms. The summed E-state index contributed by atoms with van der Waals surface area (Å²) in [6.45, 7) is 3.79. The molecule has 0 unspecified atom stereocenters. The molecule has 2 aromatic heterocycles. The molecule has 0 aliphatic carbocycles. The minimum absolute atomic E-state index is 0.116. The summed E-state index contributed by atoms with van der Waals surface area (Å²) in [5, 5.41) is 5.56. The molecule has 0 radical (unpaired) electrons. The van der Waals surface area contributed by atoms with Crippen molar-refractivity contribution in [3.8, 4) is 23.0 Å². The Morgan fingerprint density at radius 1 is 1.52 bits per heavy atom. The molecule has 0 saturated heterocycles. The zero-order valence-electron chi connectivity index (χ0n) is 12.1. The van der Waals surface area contributed by atoms with Crippen LogP contribution in [0.25, 0.3) is 10.7 Å². The van der Waals surface area contributed by atoms with Crippen LogP contribution in [-0.2, 0) is 11.2 Å². The zero-order valence-corrected chi connectivity index (χ0v) is 12.9. The van der Waals surface area contributed by atoms with E-state index >= 15 is 0 Å². The highest BCUT2D eigenvalue weighted by Crippen LogP contribution is 2.21. The number of hydrogen-bond acceptors (Lipinski definition) is 4. The molecule has 0 aliphatic heterocycles. The summed E-state index contributed by atoms with van der Waals surface area (Å²) in [5.41, 5.74) is 0.946. The third-order valence-electron chi connectivity index (χ3n) is 3.22. The summed E-state index contributed by atoms with van der Waals surface area (Å²) >= 11 is 1.48. The predicted octanol–water partition coefficient (Wildman–Crippen LogP) is 2.67. The van der Waals surface area contributed by atoms with Gasteiger partial charge in [-0.25, -0.2) is 4.98 Å². The number of hydrogen-bond donors (Lipinski definition) is 1. The van der Waals surface area contributed by atoms with Crippen molar-refractivity contribution in [2.75, 3.05) is 0 Å². The van der Waals surface area contributed by atoms with E-state index in [9.17, 15) is 4.79 Å². The van der Waals surface area contributed by atoms with Gasteiger partial charge >= 0.3 is 0 Å². The van der Waals surface area contributed by atoms with E-state index in [-0.39, 0.29) is 12.3 Å². The minimum atomic E-state index is -0.600. The van der Waals surface area contributed by atoms with E-state index in [1.165, 1.54) is 11.3 Å². The number of thiazole rings is 1. The van der Waals surface area contributed by atoms with Gasteiger partial charge in [0.25, 0.3) is 0 Å². The molecule has 0 bridgehead atoms. The number of aromatic nitrogens is 2. The summed E-state index contributed by atoms with van der Waals surface area (Å²) < 4.78 is 0. The summed E-state index contributed by atoms with van der Waals surface area (Å²) in [6, 6.07) is 5.67. The zero-order chi connectivity index (χ0) is 15.3. The van der Waals surface area contributed by atoms with Crippen molar-refractivity contribution in [2.24, 2.45) is 0 Å². The van der Waals surface area contributed by atoms with Crippen molar-refractivity contribution in [1.82, 2.24) is 15.3 Å². The lowest BCUT2D eigenvalue weighted by molar-refractivity contribution is -0.121. The van der Waals surface area contributed by atoms with E-state index in [0.717, 1.165) is 16.4 Å². The highest BCUT2D eigenvalue weighted by molar-refractivity contribution is 7.13. The van der Waals surface area contributed by atoms with Crippen LogP contribution in [0, 0.1) is 12.3 Å². The van der Waals surface area contributed by atoms with Crippen molar-refractivity contribution in [1.29, 1.82) is 0 Å². The number of nitrogens with one attached hydrogen (secondary N) is 1. The Bertz CT molecular complexity index is 660. The van der Waals surface area contributed by atoms with Crippen molar-refractivity contribution in [3.63, 3.8) is 0 Å². The maximum atomic E-state index is 12.0. The normalized spacial score (nSPS) is 13.2. The Kier molecular flexibility index (Phi) is 4.71. The molecular weight excluding hydrogens is 282 g/mol. The van der Waals surface area contributed by atoms with Gasteiger partial charge in [0, 0.05) is 11.6 Å². The first-order valence-corrected chi connectivity index (χ1v) is 7.59. The molecule has 0 fully saturated rings. The highest BCUT2D eigenvalue weighted by Gasteiger charge is 2.21. The Morgan fingerprint density at radius 3 is 2.95 bits per heavy atom.